The molecule has 3 atom stereocenters. The summed E-state index contributed by atoms with van der Waals surface area (Å²) in [7, 11) is 0. The molecule has 3 aliphatic carbocycles. The Hall–Kier alpha value is -0.440. The molecule has 0 aromatic rings. The van der Waals surface area contributed by atoms with Crippen LogP contribution in [0.1, 0.15) is 33.1 Å². The normalized spacial score (nSPS) is 34.7. The molecule has 0 radical (unpaired) electrons. The van der Waals surface area contributed by atoms with Crippen molar-refractivity contribution in [1.29, 1.82) is 0 Å². The van der Waals surface area contributed by atoms with Gasteiger partial charge >= 0.3 is 0 Å². The number of halogens is 2. The van der Waals surface area contributed by atoms with Crippen molar-refractivity contribution in [3.63, 3.8) is 0 Å². The molecule has 86 valence electrons. The summed E-state index contributed by atoms with van der Waals surface area (Å²) in [6.45, 7) is 4.49. The van der Waals surface area contributed by atoms with Crippen LogP contribution in [-0.2, 0) is 0 Å². The van der Waals surface area contributed by atoms with E-state index >= 15 is 0 Å². The largest absolute Gasteiger partial charge is 0.323 e. The fraction of sp³-hybridized carbons (Fsp3) is 0.833. The molecule has 0 aliphatic heterocycles. The smallest absolute Gasteiger partial charge is 0.253 e. The average molecular weight is 215 g/mol. The molecule has 3 rings (SSSR count). The molecule has 0 heterocycles. The third-order valence-corrected chi connectivity index (χ3v) is 4.38. The molecule has 0 spiro atoms. The van der Waals surface area contributed by atoms with Crippen molar-refractivity contribution in [3.05, 3.63) is 11.6 Å². The second kappa shape index (κ2) is 3.55. The van der Waals surface area contributed by atoms with E-state index in [1.54, 1.807) is 0 Å². The van der Waals surface area contributed by atoms with Gasteiger partial charge < -0.3 is 5.73 Å². The van der Waals surface area contributed by atoms with Gasteiger partial charge in [-0.15, -0.1) is 0 Å². The Balaban J connectivity index is 2.02. The zero-order valence-corrected chi connectivity index (χ0v) is 9.34. The first-order valence-electron chi connectivity index (χ1n) is 5.65. The maximum atomic E-state index is 12.4. The third kappa shape index (κ3) is 1.71. The van der Waals surface area contributed by atoms with Gasteiger partial charge in [0.15, 0.2) is 0 Å². The number of fused-ring (bicyclic) bond motifs is 1. The summed E-state index contributed by atoms with van der Waals surface area (Å²) in [5.74, 6) is 1.26. The fourth-order valence-corrected chi connectivity index (χ4v) is 3.07. The molecule has 0 saturated heterocycles. The Bertz CT molecular complexity index is 283. The zero-order chi connectivity index (χ0) is 11.2. The van der Waals surface area contributed by atoms with Crippen LogP contribution < -0.4 is 5.73 Å². The van der Waals surface area contributed by atoms with Gasteiger partial charge in [0.1, 0.15) is 0 Å². The average Bonchev–Trinajstić information content (AvgIpc) is 2.17. The van der Waals surface area contributed by atoms with Crippen LogP contribution in [0.15, 0.2) is 11.6 Å². The molecular formula is C12H19F2N. The van der Waals surface area contributed by atoms with Gasteiger partial charge in [-0.1, -0.05) is 25.5 Å². The monoisotopic (exact) mass is 215 g/mol. The lowest BCUT2D eigenvalue weighted by atomic mass is 9.48. The van der Waals surface area contributed by atoms with E-state index in [-0.39, 0.29) is 0 Å². The standard InChI is InChI=1S/C12H19F2N/c1-12(2)8-4-3-7(9(12)6-8)5-10(15)11(13)14/h3,8-11H,4-6,15H2,1-2H3. The fourth-order valence-electron chi connectivity index (χ4n) is 3.07. The zero-order valence-electron chi connectivity index (χ0n) is 9.34. The number of rotatable bonds is 3. The first-order valence-corrected chi connectivity index (χ1v) is 5.65. The van der Waals surface area contributed by atoms with Crippen LogP contribution in [0.25, 0.3) is 0 Å². The predicted molar refractivity (Wildman–Crippen MR) is 56.7 cm³/mol. The van der Waals surface area contributed by atoms with E-state index in [4.69, 9.17) is 5.73 Å². The van der Waals surface area contributed by atoms with Crippen molar-refractivity contribution >= 4 is 0 Å². The van der Waals surface area contributed by atoms with Gasteiger partial charge in [-0.05, 0) is 36.5 Å². The molecular weight excluding hydrogens is 196 g/mol. The number of hydrogen-bond acceptors (Lipinski definition) is 1. The van der Waals surface area contributed by atoms with E-state index in [0.717, 1.165) is 12.3 Å². The molecule has 1 nitrogen and oxygen atoms in total. The number of hydrogen-bond donors (Lipinski definition) is 1. The van der Waals surface area contributed by atoms with Crippen LogP contribution in [0.4, 0.5) is 8.78 Å². The van der Waals surface area contributed by atoms with Crippen molar-refractivity contribution in [2.24, 2.45) is 23.0 Å². The first-order chi connectivity index (χ1) is 6.93. The number of alkyl halides is 2. The first kappa shape index (κ1) is 11.1. The topological polar surface area (TPSA) is 26.0 Å². The van der Waals surface area contributed by atoms with Gasteiger partial charge in [0.25, 0.3) is 6.43 Å². The molecule has 0 amide bonds. The van der Waals surface area contributed by atoms with E-state index in [2.05, 4.69) is 19.9 Å². The van der Waals surface area contributed by atoms with Crippen molar-refractivity contribution in [1.82, 2.24) is 0 Å². The van der Waals surface area contributed by atoms with Crippen LogP contribution in [0, 0.1) is 17.3 Å². The number of nitrogens with two attached hydrogens (primary N) is 1. The van der Waals surface area contributed by atoms with Crippen LogP contribution in [0.2, 0.25) is 0 Å². The Kier molecular flexibility index (Phi) is 2.61. The quantitative estimate of drug-likeness (QED) is 0.720. The third-order valence-electron chi connectivity index (χ3n) is 4.38. The molecule has 3 aliphatic rings. The van der Waals surface area contributed by atoms with E-state index in [1.165, 1.54) is 12.0 Å². The predicted octanol–water partition coefficient (Wildman–Crippen LogP) is 2.96. The highest BCUT2D eigenvalue weighted by atomic mass is 19.3. The minimum absolute atomic E-state index is 0.311. The van der Waals surface area contributed by atoms with Gasteiger partial charge in [0.2, 0.25) is 0 Å². The molecule has 0 aromatic carbocycles. The highest BCUT2D eigenvalue weighted by molar-refractivity contribution is 5.24. The molecule has 15 heavy (non-hydrogen) atoms. The molecule has 2 N–H and O–H groups in total. The molecule has 0 aromatic heterocycles. The van der Waals surface area contributed by atoms with Crippen molar-refractivity contribution in [3.8, 4) is 0 Å². The molecule has 1 fully saturated rings. The lowest BCUT2D eigenvalue weighted by molar-refractivity contribution is -0.0109. The van der Waals surface area contributed by atoms with Crippen LogP contribution in [-0.4, -0.2) is 12.5 Å². The minimum Gasteiger partial charge on any atom is -0.323 e. The summed E-state index contributed by atoms with van der Waals surface area (Å²) in [6.07, 6.45) is 2.35. The summed E-state index contributed by atoms with van der Waals surface area (Å²) >= 11 is 0. The molecule has 2 bridgehead atoms. The van der Waals surface area contributed by atoms with E-state index in [0.29, 0.717) is 17.8 Å². The second-order valence-electron chi connectivity index (χ2n) is 5.52. The Labute approximate surface area is 89.7 Å². The van der Waals surface area contributed by atoms with Gasteiger partial charge in [0, 0.05) is 0 Å². The van der Waals surface area contributed by atoms with Crippen LogP contribution in [0.3, 0.4) is 0 Å². The van der Waals surface area contributed by atoms with Crippen LogP contribution in [0.5, 0.6) is 0 Å². The summed E-state index contributed by atoms with van der Waals surface area (Å²) in [4.78, 5) is 0. The molecule has 1 saturated carbocycles. The minimum atomic E-state index is -2.40. The van der Waals surface area contributed by atoms with Crippen molar-refractivity contribution in [2.75, 3.05) is 0 Å². The SMILES string of the molecule is CC1(C)C2CC=C(CC(N)C(F)F)C1C2. The summed E-state index contributed by atoms with van der Waals surface area (Å²) in [5.41, 5.74) is 6.91. The van der Waals surface area contributed by atoms with Gasteiger partial charge in [-0.2, -0.15) is 0 Å². The Morgan fingerprint density at radius 1 is 1.53 bits per heavy atom. The van der Waals surface area contributed by atoms with Gasteiger partial charge in [-0.25, -0.2) is 8.78 Å². The van der Waals surface area contributed by atoms with E-state index < -0.39 is 12.5 Å². The van der Waals surface area contributed by atoms with E-state index in [9.17, 15) is 8.78 Å². The maximum absolute atomic E-state index is 12.4. The maximum Gasteiger partial charge on any atom is 0.253 e. The van der Waals surface area contributed by atoms with Gasteiger partial charge in [-0.3, -0.25) is 0 Å². The highest BCUT2D eigenvalue weighted by Gasteiger charge is 2.51. The summed E-state index contributed by atoms with van der Waals surface area (Å²) in [5, 5.41) is 0. The highest BCUT2D eigenvalue weighted by Crippen LogP contribution is 2.59. The van der Waals surface area contributed by atoms with Gasteiger partial charge in [0.05, 0.1) is 6.04 Å². The second-order valence-corrected chi connectivity index (χ2v) is 5.52. The number of allylic oxidation sites excluding steroid dienone is 1. The van der Waals surface area contributed by atoms with E-state index in [1.807, 2.05) is 0 Å². The lowest BCUT2D eigenvalue weighted by Gasteiger charge is -2.56. The lowest BCUT2D eigenvalue weighted by Crippen LogP contribution is -2.49. The van der Waals surface area contributed by atoms with Crippen molar-refractivity contribution < 1.29 is 8.78 Å². The van der Waals surface area contributed by atoms with Crippen LogP contribution >= 0.6 is 0 Å². The van der Waals surface area contributed by atoms with Crippen molar-refractivity contribution in [2.45, 2.75) is 45.6 Å². The molecule has 3 heteroatoms. The molecule has 3 unspecified atom stereocenters. The summed E-state index contributed by atoms with van der Waals surface area (Å²) < 4.78 is 24.7. The summed E-state index contributed by atoms with van der Waals surface area (Å²) in [6, 6.07) is -0.982. The Morgan fingerprint density at radius 2 is 2.20 bits per heavy atom. The Morgan fingerprint density at radius 3 is 2.67 bits per heavy atom.